The van der Waals surface area contributed by atoms with E-state index >= 15 is 0 Å². The van der Waals surface area contributed by atoms with E-state index in [1.807, 2.05) is 0 Å². The fourth-order valence-electron chi connectivity index (χ4n) is 7.68. The van der Waals surface area contributed by atoms with Crippen molar-refractivity contribution in [3.05, 3.63) is 0 Å². The van der Waals surface area contributed by atoms with Gasteiger partial charge >= 0.3 is 0 Å². The molecule has 51 heavy (non-hydrogen) atoms. The van der Waals surface area contributed by atoms with E-state index < -0.39 is 0 Å². The van der Waals surface area contributed by atoms with Gasteiger partial charge in [0.15, 0.2) is 0 Å². The molecule has 0 spiro atoms. The molecule has 0 aliphatic heterocycles. The van der Waals surface area contributed by atoms with Crippen molar-refractivity contribution in [2.45, 2.75) is 273 Å². The molecule has 0 unspecified atom stereocenters. The topological polar surface area (TPSA) is 0 Å². The van der Waals surface area contributed by atoms with Gasteiger partial charge in [-0.2, -0.15) is 0 Å². The zero-order valence-corrected chi connectivity index (χ0v) is 40.6. The van der Waals surface area contributed by atoms with Crippen LogP contribution in [0.1, 0.15) is 273 Å². The fourth-order valence-corrected chi connectivity index (χ4v) is 13.7. The number of unbranched alkanes of at least 4 members (excludes halogenated alkanes) is 30. The monoisotopic (exact) mass is 849 g/mol. The van der Waals surface area contributed by atoms with Gasteiger partial charge in [-0.15, -0.1) is 0 Å². The van der Waals surface area contributed by atoms with Gasteiger partial charge in [0.05, 0.1) is 37.0 Å². The van der Waals surface area contributed by atoms with Gasteiger partial charge in [0.2, 0.25) is 0 Å². The first-order chi connectivity index (χ1) is 24.7. The average Bonchev–Trinajstić information content (AvgIpc) is 3.13. The third-order valence-corrected chi connectivity index (χ3v) is 17.7. The maximum absolute atomic E-state index is 2.32. The van der Waals surface area contributed by atoms with Crippen molar-refractivity contribution in [2.24, 2.45) is 0 Å². The van der Waals surface area contributed by atoms with E-state index in [-0.39, 0.29) is 36.3 Å². The summed E-state index contributed by atoms with van der Waals surface area (Å²) >= 11 is 0. The largest absolute Gasteiger partial charge is 0.0654 e. The molecule has 0 aromatic carbocycles. The molecular formula is C48H104P2Pd+2. The van der Waals surface area contributed by atoms with E-state index in [0.717, 1.165) is 0 Å². The van der Waals surface area contributed by atoms with Crippen LogP contribution in [-0.4, -0.2) is 37.0 Å². The molecule has 0 aromatic rings. The summed E-state index contributed by atoms with van der Waals surface area (Å²) in [5.74, 6) is 0. The van der Waals surface area contributed by atoms with Crippen molar-refractivity contribution in [1.29, 1.82) is 0 Å². The molecule has 3 heteroatoms. The molecule has 0 aromatic heterocycles. The second-order valence-electron chi connectivity index (χ2n) is 16.6. The van der Waals surface area contributed by atoms with Gasteiger partial charge in [-0.05, 0) is 77.0 Å². The minimum atomic E-state index is -0.0222. The summed E-state index contributed by atoms with van der Waals surface area (Å²) in [6.45, 7) is 13.9. The van der Waals surface area contributed by atoms with Crippen molar-refractivity contribution >= 4 is 15.8 Å². The second-order valence-corrected chi connectivity index (χ2v) is 22.6. The molecule has 0 nitrogen and oxygen atoms in total. The molecule has 0 atom stereocenters. The van der Waals surface area contributed by atoms with Gasteiger partial charge in [0.1, 0.15) is 0 Å². The summed E-state index contributed by atoms with van der Waals surface area (Å²) < 4.78 is 0. The number of hydrogen-bond donors (Lipinski definition) is 0. The van der Waals surface area contributed by atoms with Crippen LogP contribution in [0.3, 0.4) is 0 Å². The van der Waals surface area contributed by atoms with Crippen LogP contribution >= 0.6 is 15.8 Å². The summed E-state index contributed by atoms with van der Waals surface area (Å²) in [6, 6.07) is 0. The minimum absolute atomic E-state index is 0. The maximum Gasteiger partial charge on any atom is 0.0571 e. The maximum atomic E-state index is 2.32. The third-order valence-electron chi connectivity index (χ3n) is 11.3. The van der Waals surface area contributed by atoms with Crippen molar-refractivity contribution < 1.29 is 20.4 Å². The Hall–Kier alpha value is 1.52. The zero-order valence-electron chi connectivity index (χ0n) is 37.0. The Morgan fingerprint density at radius 3 is 0.431 bits per heavy atom. The van der Waals surface area contributed by atoms with Gasteiger partial charge in [0.25, 0.3) is 0 Å². The van der Waals surface area contributed by atoms with Crippen LogP contribution < -0.4 is 0 Å². The second kappa shape index (κ2) is 53.6. The molecule has 0 saturated heterocycles. The van der Waals surface area contributed by atoms with Crippen LogP contribution in [0.2, 0.25) is 0 Å². The molecule has 0 heterocycles. The number of rotatable bonds is 42. The van der Waals surface area contributed by atoms with Crippen LogP contribution in [0.25, 0.3) is 0 Å². The molecule has 0 N–H and O–H groups in total. The predicted octanol–water partition coefficient (Wildman–Crippen LogP) is 18.6. The average molecular weight is 850 g/mol. The first-order valence-corrected chi connectivity index (χ1v) is 28.6. The fraction of sp³-hybridized carbons (Fsp3) is 1.00. The van der Waals surface area contributed by atoms with Gasteiger partial charge in [0, 0.05) is 36.3 Å². The Morgan fingerprint density at radius 2 is 0.294 bits per heavy atom. The number of hydrogen-bond acceptors (Lipinski definition) is 0. The minimum Gasteiger partial charge on any atom is -0.0654 e. The summed E-state index contributed by atoms with van der Waals surface area (Å²) in [7, 11) is -0.0444. The van der Waals surface area contributed by atoms with Gasteiger partial charge < -0.3 is 0 Å². The first-order valence-electron chi connectivity index (χ1n) is 24.4. The van der Waals surface area contributed by atoms with Gasteiger partial charge in [-0.25, -0.2) is 0 Å². The molecular weight excluding hydrogens is 745 g/mol. The van der Waals surface area contributed by atoms with E-state index in [4.69, 9.17) is 0 Å². The van der Waals surface area contributed by atoms with Gasteiger partial charge in [-0.1, -0.05) is 196 Å². The van der Waals surface area contributed by atoms with Crippen molar-refractivity contribution in [3.8, 4) is 0 Å². The van der Waals surface area contributed by atoms with Crippen molar-refractivity contribution in [1.82, 2.24) is 0 Å². The van der Waals surface area contributed by atoms with E-state index in [9.17, 15) is 0 Å². The van der Waals surface area contributed by atoms with Gasteiger partial charge in [-0.3, -0.25) is 0 Å². The smallest absolute Gasteiger partial charge is 0.0571 e. The van der Waals surface area contributed by atoms with E-state index in [1.54, 1.807) is 75.5 Å². The normalized spacial score (nSPS) is 11.3. The van der Waals surface area contributed by atoms with Crippen LogP contribution in [-0.2, 0) is 20.4 Å². The van der Waals surface area contributed by atoms with Crippen molar-refractivity contribution in [2.75, 3.05) is 37.0 Å². The van der Waals surface area contributed by atoms with Crippen LogP contribution in [0, 0.1) is 0 Å². The molecule has 0 radical (unpaired) electrons. The first kappa shape index (κ1) is 56.9. The van der Waals surface area contributed by atoms with E-state index in [0.29, 0.717) is 0 Å². The predicted molar refractivity (Wildman–Crippen MR) is 246 cm³/mol. The SMILES string of the molecule is CCCCCCCC[PH+](CCCCCCCC)CCCCCCCC.CCCCCCCC[PH+](CCCCCCCC)CCCCCCCC.[Pd]. The van der Waals surface area contributed by atoms with Crippen LogP contribution in [0.5, 0.6) is 0 Å². The molecule has 314 valence electrons. The quantitative estimate of drug-likeness (QED) is 0.0326. The standard InChI is InChI=1S/2C24H51P.Pd/c2*1-4-7-10-13-16-19-22-25(23-20-17-14-11-8-5-2)24-21-18-15-12-9-6-3;/h2*4-24H2,1-3H3;/p+2. The summed E-state index contributed by atoms with van der Waals surface area (Å²) in [5, 5.41) is 0. The Kier molecular flexibility index (Phi) is 59.8. The Bertz CT molecular complexity index is 431. The van der Waals surface area contributed by atoms with E-state index in [2.05, 4.69) is 41.5 Å². The molecule has 0 aliphatic rings. The van der Waals surface area contributed by atoms with Crippen LogP contribution in [0.4, 0.5) is 0 Å². The van der Waals surface area contributed by atoms with Crippen molar-refractivity contribution in [3.63, 3.8) is 0 Å². The van der Waals surface area contributed by atoms with E-state index in [1.165, 1.54) is 193 Å². The Labute approximate surface area is 344 Å². The molecule has 0 saturated carbocycles. The molecule has 0 bridgehead atoms. The zero-order chi connectivity index (χ0) is 36.9. The third kappa shape index (κ3) is 51.5. The molecule has 0 amide bonds. The molecule has 0 rings (SSSR count). The summed E-state index contributed by atoms with van der Waals surface area (Å²) in [5.41, 5.74) is 0. The summed E-state index contributed by atoms with van der Waals surface area (Å²) in [6.07, 6.45) is 63.0. The molecule has 0 aliphatic carbocycles. The van der Waals surface area contributed by atoms with Crippen LogP contribution in [0.15, 0.2) is 0 Å². The Balaban J connectivity index is -0.000000886. The molecule has 0 fully saturated rings. The Morgan fingerprint density at radius 1 is 0.176 bits per heavy atom. The summed E-state index contributed by atoms with van der Waals surface area (Å²) in [4.78, 5) is 0.